The van der Waals surface area contributed by atoms with Crippen LogP contribution < -0.4 is 16.4 Å². The van der Waals surface area contributed by atoms with Crippen LogP contribution in [0.4, 0.5) is 0 Å². The summed E-state index contributed by atoms with van der Waals surface area (Å²) in [6.45, 7) is 2.36. The predicted molar refractivity (Wildman–Crippen MR) is 89.1 cm³/mol. The largest absolute Gasteiger partial charge is 0.368 e. The third-order valence-electron chi connectivity index (χ3n) is 4.43. The first-order chi connectivity index (χ1) is 11.6. The average molecular weight is 330 g/mol. The lowest BCUT2D eigenvalue weighted by atomic mass is 10.1. The number of fused-ring (bicyclic) bond motifs is 1. The summed E-state index contributed by atoms with van der Waals surface area (Å²) < 4.78 is 0. The van der Waals surface area contributed by atoms with Crippen molar-refractivity contribution in [3.8, 4) is 0 Å². The fourth-order valence-corrected chi connectivity index (χ4v) is 2.87. The van der Waals surface area contributed by atoms with E-state index in [0.29, 0.717) is 35.5 Å². The van der Waals surface area contributed by atoms with Gasteiger partial charge >= 0.3 is 0 Å². The van der Waals surface area contributed by atoms with Gasteiger partial charge in [0.05, 0.1) is 11.6 Å². The Morgan fingerprint density at radius 3 is 2.83 bits per heavy atom. The number of aromatic amines is 1. The Kier molecular flexibility index (Phi) is 4.75. The summed E-state index contributed by atoms with van der Waals surface area (Å²) in [6, 6.07) is 4.96. The Morgan fingerprint density at radius 2 is 2.17 bits per heavy atom. The summed E-state index contributed by atoms with van der Waals surface area (Å²) in [7, 11) is 0. The summed E-state index contributed by atoms with van der Waals surface area (Å²) in [5.41, 5.74) is 7.09. The summed E-state index contributed by atoms with van der Waals surface area (Å²) in [4.78, 5) is 23.9. The number of primary amides is 1. The molecule has 0 spiro atoms. The number of nitrogens with two attached hydrogens (primary N) is 1. The molecule has 8 nitrogen and oxygen atoms in total. The molecule has 0 bridgehead atoms. The standard InChI is InChI=1S/C16H22N6O2/c1-2-11(15(17)23)19-13(9-6-7-9)8-18-16(24)10-4-3-5-12-14(10)21-22-20-12/h3-5,9,11,13,19H,2,6-8H2,1H3,(H2,17,23)(H,18,24)(H,20,21,22). The van der Waals surface area contributed by atoms with Gasteiger partial charge in [0.15, 0.2) is 0 Å². The lowest BCUT2D eigenvalue weighted by Gasteiger charge is -2.23. The van der Waals surface area contributed by atoms with Crippen LogP contribution in [0.3, 0.4) is 0 Å². The second-order valence-electron chi connectivity index (χ2n) is 6.18. The van der Waals surface area contributed by atoms with Gasteiger partial charge in [0, 0.05) is 12.6 Å². The Hall–Kier alpha value is -2.48. The van der Waals surface area contributed by atoms with Crippen LogP contribution in [0.25, 0.3) is 11.0 Å². The summed E-state index contributed by atoms with van der Waals surface area (Å²) in [6.07, 6.45) is 2.83. The van der Waals surface area contributed by atoms with E-state index in [9.17, 15) is 9.59 Å². The average Bonchev–Trinajstić information content (AvgIpc) is 3.30. The van der Waals surface area contributed by atoms with Crippen molar-refractivity contribution < 1.29 is 9.59 Å². The minimum absolute atomic E-state index is 0.0444. The summed E-state index contributed by atoms with van der Waals surface area (Å²) >= 11 is 0. The summed E-state index contributed by atoms with van der Waals surface area (Å²) in [5.74, 6) is -0.0857. The van der Waals surface area contributed by atoms with Gasteiger partial charge in [0.1, 0.15) is 11.0 Å². The van der Waals surface area contributed by atoms with Gasteiger partial charge < -0.3 is 16.4 Å². The zero-order chi connectivity index (χ0) is 17.1. The molecule has 2 atom stereocenters. The van der Waals surface area contributed by atoms with Crippen molar-refractivity contribution in [2.24, 2.45) is 11.7 Å². The number of hydrogen-bond donors (Lipinski definition) is 4. The van der Waals surface area contributed by atoms with Crippen LogP contribution in [0, 0.1) is 5.92 Å². The first kappa shape index (κ1) is 16.4. The molecule has 1 saturated carbocycles. The molecule has 8 heteroatoms. The van der Waals surface area contributed by atoms with Gasteiger partial charge in [-0.1, -0.05) is 13.0 Å². The highest BCUT2D eigenvalue weighted by molar-refractivity contribution is 6.04. The zero-order valence-electron chi connectivity index (χ0n) is 13.6. The quantitative estimate of drug-likeness (QED) is 0.554. The number of benzene rings is 1. The van der Waals surface area contributed by atoms with Crippen LogP contribution in [0.2, 0.25) is 0 Å². The molecule has 2 unspecified atom stereocenters. The second kappa shape index (κ2) is 6.96. The number of carbonyl (C=O) groups is 2. The number of para-hydroxylation sites is 1. The molecule has 0 aliphatic heterocycles. The molecule has 0 saturated heterocycles. The van der Waals surface area contributed by atoms with Crippen molar-refractivity contribution in [1.82, 2.24) is 26.0 Å². The third-order valence-corrected chi connectivity index (χ3v) is 4.43. The summed E-state index contributed by atoms with van der Waals surface area (Å²) in [5, 5.41) is 16.8. The lowest BCUT2D eigenvalue weighted by Crippen LogP contribution is -2.51. The number of hydrogen-bond acceptors (Lipinski definition) is 5. The molecule has 24 heavy (non-hydrogen) atoms. The Labute approximate surface area is 139 Å². The van der Waals surface area contributed by atoms with Gasteiger partial charge in [-0.2, -0.15) is 15.4 Å². The van der Waals surface area contributed by atoms with Crippen molar-refractivity contribution in [2.75, 3.05) is 6.54 Å². The second-order valence-corrected chi connectivity index (χ2v) is 6.18. The fourth-order valence-electron chi connectivity index (χ4n) is 2.87. The Balaban J connectivity index is 1.65. The van der Waals surface area contributed by atoms with E-state index in [2.05, 4.69) is 26.0 Å². The van der Waals surface area contributed by atoms with Crippen molar-refractivity contribution in [1.29, 1.82) is 0 Å². The first-order valence-corrected chi connectivity index (χ1v) is 8.23. The number of H-pyrrole nitrogens is 1. The molecule has 2 aromatic rings. The predicted octanol–water partition coefficient (Wildman–Crippen LogP) is 0.320. The zero-order valence-corrected chi connectivity index (χ0v) is 13.6. The number of amides is 2. The number of aromatic nitrogens is 3. The molecule has 0 radical (unpaired) electrons. The SMILES string of the molecule is CCC(NC(CNC(=O)c1cccc2n[nH]nc12)C1CC1)C(N)=O. The van der Waals surface area contributed by atoms with Gasteiger partial charge in [-0.15, -0.1) is 0 Å². The maximum atomic E-state index is 12.5. The monoisotopic (exact) mass is 330 g/mol. The molecule has 128 valence electrons. The van der Waals surface area contributed by atoms with Gasteiger partial charge in [-0.05, 0) is 37.3 Å². The van der Waals surface area contributed by atoms with Gasteiger partial charge in [-0.25, -0.2) is 0 Å². The van der Waals surface area contributed by atoms with Crippen LogP contribution in [0.5, 0.6) is 0 Å². The highest BCUT2D eigenvalue weighted by Crippen LogP contribution is 2.32. The minimum Gasteiger partial charge on any atom is -0.368 e. The molecule has 1 heterocycles. The molecule has 5 N–H and O–H groups in total. The highest BCUT2D eigenvalue weighted by Gasteiger charge is 2.33. The Bertz CT molecular complexity index is 739. The van der Waals surface area contributed by atoms with Crippen molar-refractivity contribution in [2.45, 2.75) is 38.3 Å². The molecule has 3 rings (SSSR count). The molecule has 2 amide bonds. The molecule has 1 aromatic carbocycles. The lowest BCUT2D eigenvalue weighted by molar-refractivity contribution is -0.120. The van der Waals surface area contributed by atoms with Crippen molar-refractivity contribution in [3.63, 3.8) is 0 Å². The molecule has 1 aliphatic carbocycles. The maximum Gasteiger partial charge on any atom is 0.253 e. The van der Waals surface area contributed by atoms with E-state index in [-0.39, 0.29) is 23.9 Å². The molecule has 1 fully saturated rings. The van der Waals surface area contributed by atoms with E-state index in [1.54, 1.807) is 18.2 Å². The van der Waals surface area contributed by atoms with E-state index in [1.165, 1.54) is 0 Å². The molecule has 1 aromatic heterocycles. The van der Waals surface area contributed by atoms with Crippen molar-refractivity contribution >= 4 is 22.8 Å². The van der Waals surface area contributed by atoms with Gasteiger partial charge in [0.25, 0.3) is 5.91 Å². The van der Waals surface area contributed by atoms with E-state index in [0.717, 1.165) is 12.8 Å². The maximum absolute atomic E-state index is 12.5. The first-order valence-electron chi connectivity index (χ1n) is 8.23. The van der Waals surface area contributed by atoms with Crippen LogP contribution >= 0.6 is 0 Å². The number of rotatable bonds is 8. The number of nitrogens with one attached hydrogen (secondary N) is 3. The van der Waals surface area contributed by atoms with Gasteiger partial charge in [-0.3, -0.25) is 9.59 Å². The van der Waals surface area contributed by atoms with Crippen LogP contribution in [-0.4, -0.2) is 45.9 Å². The third kappa shape index (κ3) is 3.53. The number of nitrogens with zero attached hydrogens (tertiary/aromatic N) is 2. The minimum atomic E-state index is -0.369. The van der Waals surface area contributed by atoms with E-state index in [1.807, 2.05) is 6.92 Å². The topological polar surface area (TPSA) is 126 Å². The molecular formula is C16H22N6O2. The Morgan fingerprint density at radius 1 is 1.38 bits per heavy atom. The van der Waals surface area contributed by atoms with E-state index < -0.39 is 0 Å². The van der Waals surface area contributed by atoms with Gasteiger partial charge in [0.2, 0.25) is 5.91 Å². The molecule has 1 aliphatic rings. The van der Waals surface area contributed by atoms with E-state index >= 15 is 0 Å². The normalized spacial score (nSPS) is 16.7. The van der Waals surface area contributed by atoms with Crippen LogP contribution in [-0.2, 0) is 4.79 Å². The van der Waals surface area contributed by atoms with E-state index in [4.69, 9.17) is 5.73 Å². The van der Waals surface area contributed by atoms with Crippen LogP contribution in [0.15, 0.2) is 18.2 Å². The van der Waals surface area contributed by atoms with Crippen LogP contribution in [0.1, 0.15) is 36.5 Å². The number of carbonyl (C=O) groups excluding carboxylic acids is 2. The fraction of sp³-hybridized carbons (Fsp3) is 0.500. The smallest absolute Gasteiger partial charge is 0.253 e. The highest BCUT2D eigenvalue weighted by atomic mass is 16.2. The van der Waals surface area contributed by atoms with Crippen molar-refractivity contribution in [3.05, 3.63) is 23.8 Å². The molecular weight excluding hydrogens is 308 g/mol.